The topological polar surface area (TPSA) is 78.9 Å². The lowest BCUT2D eigenvalue weighted by molar-refractivity contribution is -0.167. The van der Waals surface area contributed by atoms with Crippen LogP contribution in [0.2, 0.25) is 0 Å². The number of hydrogen-bond acceptors (Lipinski definition) is 6. The Balaban J connectivity index is 4.24. The van der Waals surface area contributed by atoms with Crippen LogP contribution in [-0.2, 0) is 28.6 Å². The van der Waals surface area contributed by atoms with E-state index in [9.17, 15) is 14.4 Å². The van der Waals surface area contributed by atoms with Crippen LogP contribution in [-0.4, -0.2) is 37.2 Å². The first kappa shape index (κ1) is 45.4. The van der Waals surface area contributed by atoms with Gasteiger partial charge in [0.15, 0.2) is 6.10 Å². The van der Waals surface area contributed by atoms with Crippen LogP contribution in [0.15, 0.2) is 0 Å². The zero-order valence-corrected chi connectivity index (χ0v) is 31.6. The average Bonchev–Trinajstić information content (AvgIpc) is 3.06. The van der Waals surface area contributed by atoms with Crippen LogP contribution in [0, 0.1) is 0 Å². The maximum absolute atomic E-state index is 12.6. The van der Waals surface area contributed by atoms with Crippen molar-refractivity contribution in [1.29, 1.82) is 0 Å². The maximum Gasteiger partial charge on any atom is 0.306 e. The molecule has 0 spiro atoms. The van der Waals surface area contributed by atoms with E-state index in [0.717, 1.165) is 57.8 Å². The van der Waals surface area contributed by atoms with Gasteiger partial charge in [-0.2, -0.15) is 0 Å². The Kier molecular flexibility index (Phi) is 36.0. The zero-order chi connectivity index (χ0) is 34.5. The van der Waals surface area contributed by atoms with Crippen LogP contribution < -0.4 is 0 Å². The number of carbonyl (C=O) groups excluding carboxylic acids is 3. The molecule has 0 aliphatic carbocycles. The molecule has 0 aromatic heterocycles. The molecular weight excluding hydrogens is 588 g/mol. The monoisotopic (exact) mass is 667 g/mol. The quantitative estimate of drug-likeness (QED) is 0.0373. The highest BCUT2D eigenvalue weighted by Gasteiger charge is 2.19. The minimum absolute atomic E-state index is 0.0642. The van der Waals surface area contributed by atoms with Crippen molar-refractivity contribution in [3.8, 4) is 0 Å². The van der Waals surface area contributed by atoms with Crippen molar-refractivity contribution >= 4 is 17.9 Å². The Labute approximate surface area is 291 Å². The van der Waals surface area contributed by atoms with E-state index in [1.807, 2.05) is 0 Å². The molecular formula is C41H78O6. The lowest BCUT2D eigenvalue weighted by Gasteiger charge is -2.18. The summed E-state index contributed by atoms with van der Waals surface area (Å²) in [4.78, 5) is 37.3. The summed E-state index contributed by atoms with van der Waals surface area (Å²) in [7, 11) is 0. The fraction of sp³-hybridized carbons (Fsp3) is 0.927. The molecule has 0 N–H and O–H groups in total. The molecule has 0 radical (unpaired) electrons. The molecule has 0 saturated carbocycles. The van der Waals surface area contributed by atoms with E-state index in [4.69, 9.17) is 14.2 Å². The Morgan fingerprint density at radius 2 is 0.574 bits per heavy atom. The normalized spacial score (nSPS) is 11.8. The number of ether oxygens (including phenoxy) is 3. The fourth-order valence-corrected chi connectivity index (χ4v) is 5.97. The second-order valence-corrected chi connectivity index (χ2v) is 13.9. The third kappa shape index (κ3) is 35.5. The Morgan fingerprint density at radius 1 is 0.340 bits per heavy atom. The van der Waals surface area contributed by atoms with Gasteiger partial charge in [0.05, 0.1) is 0 Å². The van der Waals surface area contributed by atoms with Gasteiger partial charge in [0.1, 0.15) is 13.2 Å². The average molecular weight is 667 g/mol. The van der Waals surface area contributed by atoms with Crippen molar-refractivity contribution in [3.05, 3.63) is 0 Å². The third-order valence-electron chi connectivity index (χ3n) is 9.11. The van der Waals surface area contributed by atoms with E-state index in [2.05, 4.69) is 20.8 Å². The molecule has 278 valence electrons. The summed E-state index contributed by atoms with van der Waals surface area (Å²) >= 11 is 0. The second-order valence-electron chi connectivity index (χ2n) is 13.9. The van der Waals surface area contributed by atoms with Gasteiger partial charge < -0.3 is 14.2 Å². The number of unbranched alkanes of at least 4 members (excludes halogenated alkanes) is 26. The molecule has 1 atom stereocenters. The van der Waals surface area contributed by atoms with Crippen LogP contribution in [0.5, 0.6) is 0 Å². The summed E-state index contributed by atoms with van der Waals surface area (Å²) in [5.41, 5.74) is 0. The van der Waals surface area contributed by atoms with Gasteiger partial charge in [0, 0.05) is 19.3 Å². The minimum atomic E-state index is -0.755. The van der Waals surface area contributed by atoms with Gasteiger partial charge in [-0.15, -0.1) is 0 Å². The summed E-state index contributed by atoms with van der Waals surface area (Å²) in [5, 5.41) is 0. The predicted molar refractivity (Wildman–Crippen MR) is 197 cm³/mol. The lowest BCUT2D eigenvalue weighted by Crippen LogP contribution is -2.30. The van der Waals surface area contributed by atoms with Crippen molar-refractivity contribution in [2.45, 2.75) is 232 Å². The molecule has 0 fully saturated rings. The van der Waals surface area contributed by atoms with E-state index >= 15 is 0 Å². The first-order valence-electron chi connectivity index (χ1n) is 20.5. The number of carbonyl (C=O) groups is 3. The first-order chi connectivity index (χ1) is 23.0. The molecule has 6 heteroatoms. The molecule has 0 aromatic carbocycles. The van der Waals surface area contributed by atoms with Crippen LogP contribution in [0.3, 0.4) is 0 Å². The molecule has 0 aliphatic rings. The number of esters is 3. The molecule has 1 unspecified atom stereocenters. The summed E-state index contributed by atoms with van der Waals surface area (Å²) < 4.78 is 16.6. The van der Waals surface area contributed by atoms with E-state index in [-0.39, 0.29) is 31.1 Å². The van der Waals surface area contributed by atoms with Crippen molar-refractivity contribution in [2.75, 3.05) is 13.2 Å². The molecule has 0 bridgehead atoms. The van der Waals surface area contributed by atoms with E-state index < -0.39 is 6.10 Å². The zero-order valence-electron chi connectivity index (χ0n) is 31.6. The van der Waals surface area contributed by atoms with Gasteiger partial charge >= 0.3 is 17.9 Å². The van der Waals surface area contributed by atoms with E-state index in [1.54, 1.807) is 0 Å². The first-order valence-corrected chi connectivity index (χ1v) is 20.5. The van der Waals surface area contributed by atoms with Crippen molar-refractivity contribution in [1.82, 2.24) is 0 Å². The largest absolute Gasteiger partial charge is 0.462 e. The van der Waals surface area contributed by atoms with Gasteiger partial charge in [-0.3, -0.25) is 14.4 Å². The Hall–Kier alpha value is -1.59. The van der Waals surface area contributed by atoms with Gasteiger partial charge in [0.2, 0.25) is 0 Å². The van der Waals surface area contributed by atoms with Gasteiger partial charge in [-0.25, -0.2) is 0 Å². The smallest absolute Gasteiger partial charge is 0.306 e. The minimum Gasteiger partial charge on any atom is -0.462 e. The second kappa shape index (κ2) is 37.2. The highest BCUT2D eigenvalue weighted by Crippen LogP contribution is 2.15. The SMILES string of the molecule is CCCCCCCCCCCCCCCCC(=O)OCC(COC(=O)CCCCCCCCC)OC(=O)CCCCCCCCCC. The highest BCUT2D eigenvalue weighted by molar-refractivity contribution is 5.71. The van der Waals surface area contributed by atoms with Gasteiger partial charge in [0.25, 0.3) is 0 Å². The molecule has 0 amide bonds. The lowest BCUT2D eigenvalue weighted by atomic mass is 10.0. The summed E-state index contributed by atoms with van der Waals surface area (Å²) in [6.45, 7) is 6.56. The number of rotatable bonds is 37. The van der Waals surface area contributed by atoms with Gasteiger partial charge in [-0.05, 0) is 19.3 Å². The third-order valence-corrected chi connectivity index (χ3v) is 9.11. The molecule has 0 saturated heterocycles. The maximum atomic E-state index is 12.6. The van der Waals surface area contributed by atoms with Crippen LogP contribution in [0.4, 0.5) is 0 Å². The molecule has 0 aliphatic heterocycles. The Bertz CT molecular complexity index is 693. The molecule has 47 heavy (non-hydrogen) atoms. The van der Waals surface area contributed by atoms with E-state index in [1.165, 1.54) is 128 Å². The van der Waals surface area contributed by atoms with Crippen molar-refractivity contribution < 1.29 is 28.6 Å². The van der Waals surface area contributed by atoms with Crippen LogP contribution >= 0.6 is 0 Å². The van der Waals surface area contributed by atoms with Gasteiger partial charge in [-0.1, -0.05) is 188 Å². The Morgan fingerprint density at radius 3 is 0.851 bits per heavy atom. The molecule has 0 rings (SSSR count). The molecule has 0 heterocycles. The van der Waals surface area contributed by atoms with E-state index in [0.29, 0.717) is 19.3 Å². The van der Waals surface area contributed by atoms with Crippen LogP contribution in [0.1, 0.15) is 226 Å². The predicted octanol–water partition coefficient (Wildman–Crippen LogP) is 12.5. The van der Waals surface area contributed by atoms with Crippen LogP contribution in [0.25, 0.3) is 0 Å². The summed E-state index contributed by atoms with van der Waals surface area (Å²) in [6, 6.07) is 0. The highest BCUT2D eigenvalue weighted by atomic mass is 16.6. The molecule has 6 nitrogen and oxygen atoms in total. The molecule has 0 aromatic rings. The van der Waals surface area contributed by atoms with Crippen molar-refractivity contribution in [3.63, 3.8) is 0 Å². The summed E-state index contributed by atoms with van der Waals surface area (Å²) in [6.07, 6.45) is 35.3. The number of hydrogen-bond donors (Lipinski definition) is 0. The summed E-state index contributed by atoms with van der Waals surface area (Å²) in [5.74, 6) is -0.869. The van der Waals surface area contributed by atoms with Crippen molar-refractivity contribution in [2.24, 2.45) is 0 Å². The standard InChI is InChI=1S/C41H78O6/c1-4-7-10-13-16-18-19-20-21-22-23-26-28-31-34-40(43)46-37-38(36-45-39(42)33-30-27-24-15-12-9-6-3)47-41(44)35-32-29-25-17-14-11-8-5-2/h38H,4-37H2,1-3H3. The fourth-order valence-electron chi connectivity index (χ4n) is 5.97.